The smallest absolute Gasteiger partial charge is 0.341 e. The Kier molecular flexibility index (Phi) is 7.07. The summed E-state index contributed by atoms with van der Waals surface area (Å²) in [6, 6.07) is 12.7. The van der Waals surface area contributed by atoms with Crippen molar-refractivity contribution in [2.75, 3.05) is 30.7 Å². The minimum atomic E-state index is -0.469. The zero-order valence-corrected chi connectivity index (χ0v) is 18.3. The van der Waals surface area contributed by atoms with Crippen molar-refractivity contribution < 1.29 is 14.3 Å². The third-order valence-electron chi connectivity index (χ3n) is 5.02. The molecule has 0 saturated carbocycles. The van der Waals surface area contributed by atoms with E-state index < -0.39 is 5.97 Å². The number of hydrogen-bond acceptors (Lipinski definition) is 6. The molecule has 6 nitrogen and oxygen atoms in total. The number of carbonyl (C=O) groups is 2. The second-order valence-corrected chi connectivity index (χ2v) is 7.84. The quantitative estimate of drug-likeness (QED) is 0.402. The van der Waals surface area contributed by atoms with Crippen molar-refractivity contribution >= 4 is 44.0 Å². The van der Waals surface area contributed by atoms with Gasteiger partial charge in [-0.25, -0.2) is 4.79 Å². The SMILES string of the molecule is CCOC(=O)c1c(NC(=O)c2ccccc2)sc2c(N)c(CN(CC)CC)ccc12. The molecule has 0 saturated heterocycles. The molecule has 0 bridgehead atoms. The largest absolute Gasteiger partial charge is 0.462 e. The summed E-state index contributed by atoms with van der Waals surface area (Å²) in [7, 11) is 0. The van der Waals surface area contributed by atoms with Gasteiger partial charge in [-0.15, -0.1) is 11.3 Å². The molecule has 30 heavy (non-hydrogen) atoms. The number of benzene rings is 2. The van der Waals surface area contributed by atoms with Crippen molar-refractivity contribution in [3.8, 4) is 0 Å². The summed E-state index contributed by atoms with van der Waals surface area (Å²) in [6.07, 6.45) is 0. The zero-order valence-electron chi connectivity index (χ0n) is 17.5. The molecule has 0 atom stereocenters. The van der Waals surface area contributed by atoms with Gasteiger partial charge >= 0.3 is 5.97 Å². The summed E-state index contributed by atoms with van der Waals surface area (Å²) in [5.74, 6) is -0.752. The van der Waals surface area contributed by atoms with Crippen LogP contribution in [0.3, 0.4) is 0 Å². The average Bonchev–Trinajstić information content (AvgIpc) is 3.13. The molecule has 0 unspecified atom stereocenters. The van der Waals surface area contributed by atoms with Crippen LogP contribution in [0.25, 0.3) is 10.1 Å². The summed E-state index contributed by atoms with van der Waals surface area (Å²) < 4.78 is 6.04. The van der Waals surface area contributed by atoms with E-state index in [1.54, 1.807) is 31.2 Å². The minimum absolute atomic E-state index is 0.248. The van der Waals surface area contributed by atoms with Crippen LogP contribution in [-0.2, 0) is 11.3 Å². The first kappa shape index (κ1) is 21.8. The predicted octanol–water partition coefficient (Wildman–Crippen LogP) is 4.75. The van der Waals surface area contributed by atoms with E-state index in [1.165, 1.54) is 11.3 Å². The number of nitrogens with two attached hydrogens (primary N) is 1. The molecular formula is C23H27N3O3S. The normalized spacial score (nSPS) is 11.1. The second-order valence-electron chi connectivity index (χ2n) is 6.82. The number of esters is 1. The van der Waals surface area contributed by atoms with E-state index in [2.05, 4.69) is 24.1 Å². The third kappa shape index (κ3) is 4.47. The number of nitrogens with one attached hydrogen (secondary N) is 1. The van der Waals surface area contributed by atoms with Crippen molar-refractivity contribution in [1.29, 1.82) is 0 Å². The number of nitrogen functional groups attached to an aromatic ring is 1. The molecular weight excluding hydrogens is 398 g/mol. The van der Waals surface area contributed by atoms with E-state index in [-0.39, 0.29) is 12.5 Å². The molecule has 158 valence electrons. The number of ether oxygens (including phenoxy) is 1. The van der Waals surface area contributed by atoms with E-state index in [9.17, 15) is 9.59 Å². The summed E-state index contributed by atoms with van der Waals surface area (Å²) in [4.78, 5) is 27.7. The van der Waals surface area contributed by atoms with Crippen LogP contribution < -0.4 is 11.1 Å². The number of amides is 1. The van der Waals surface area contributed by atoms with Gasteiger partial charge in [0.25, 0.3) is 5.91 Å². The summed E-state index contributed by atoms with van der Waals surface area (Å²) in [5, 5.41) is 4.02. The first-order valence-electron chi connectivity index (χ1n) is 10.1. The average molecular weight is 426 g/mol. The summed E-state index contributed by atoms with van der Waals surface area (Å²) in [6.45, 7) is 8.80. The molecule has 2 aromatic carbocycles. The van der Waals surface area contributed by atoms with Crippen molar-refractivity contribution in [2.45, 2.75) is 27.3 Å². The molecule has 3 aromatic rings. The molecule has 1 aromatic heterocycles. The molecule has 3 N–H and O–H groups in total. The van der Waals surface area contributed by atoms with Crippen LogP contribution in [0.1, 0.15) is 47.1 Å². The van der Waals surface area contributed by atoms with Gasteiger partial charge in [-0.05, 0) is 37.7 Å². The van der Waals surface area contributed by atoms with Gasteiger partial charge < -0.3 is 15.8 Å². The number of rotatable bonds is 8. The van der Waals surface area contributed by atoms with Gasteiger partial charge in [-0.3, -0.25) is 9.69 Å². The zero-order chi connectivity index (χ0) is 21.7. The fourth-order valence-corrected chi connectivity index (χ4v) is 4.47. The second kappa shape index (κ2) is 9.73. The van der Waals surface area contributed by atoms with E-state index in [4.69, 9.17) is 10.5 Å². The van der Waals surface area contributed by atoms with Crippen molar-refractivity contribution in [1.82, 2.24) is 4.90 Å². The third-order valence-corrected chi connectivity index (χ3v) is 6.17. The van der Waals surface area contributed by atoms with Crippen LogP contribution in [0.5, 0.6) is 0 Å². The number of carbonyl (C=O) groups excluding carboxylic acids is 2. The Labute approximate surface area is 180 Å². The van der Waals surface area contributed by atoms with Crippen LogP contribution in [-0.4, -0.2) is 36.5 Å². The van der Waals surface area contributed by atoms with Crippen LogP contribution in [0.15, 0.2) is 42.5 Å². The number of thiophene rings is 1. The van der Waals surface area contributed by atoms with Crippen molar-refractivity contribution in [3.63, 3.8) is 0 Å². The number of hydrogen-bond donors (Lipinski definition) is 2. The Bertz CT molecular complexity index is 1040. The molecule has 0 radical (unpaired) electrons. The molecule has 0 aliphatic rings. The van der Waals surface area contributed by atoms with Gasteiger partial charge in [0.1, 0.15) is 10.6 Å². The maximum absolute atomic E-state index is 12.7. The summed E-state index contributed by atoms with van der Waals surface area (Å²) in [5.41, 5.74) is 8.99. The lowest BCUT2D eigenvalue weighted by Gasteiger charge is -2.19. The van der Waals surface area contributed by atoms with E-state index in [0.717, 1.165) is 29.9 Å². The lowest BCUT2D eigenvalue weighted by molar-refractivity contribution is 0.0530. The topological polar surface area (TPSA) is 84.7 Å². The van der Waals surface area contributed by atoms with Crippen LogP contribution in [0.4, 0.5) is 10.7 Å². The van der Waals surface area contributed by atoms with E-state index in [0.29, 0.717) is 27.2 Å². The molecule has 7 heteroatoms. The maximum atomic E-state index is 12.7. The molecule has 3 rings (SSSR count). The van der Waals surface area contributed by atoms with Crippen LogP contribution in [0.2, 0.25) is 0 Å². The highest BCUT2D eigenvalue weighted by molar-refractivity contribution is 7.24. The Morgan fingerprint density at radius 3 is 2.40 bits per heavy atom. The molecule has 0 fully saturated rings. The lowest BCUT2D eigenvalue weighted by Crippen LogP contribution is -2.22. The van der Waals surface area contributed by atoms with Crippen LogP contribution >= 0.6 is 11.3 Å². The summed E-state index contributed by atoms with van der Waals surface area (Å²) >= 11 is 1.31. The Hall–Kier alpha value is -2.90. The maximum Gasteiger partial charge on any atom is 0.341 e. The molecule has 1 amide bonds. The van der Waals surface area contributed by atoms with Crippen molar-refractivity contribution in [3.05, 3.63) is 59.2 Å². The lowest BCUT2D eigenvalue weighted by atomic mass is 10.1. The molecule has 0 aliphatic carbocycles. The fraction of sp³-hybridized carbons (Fsp3) is 0.304. The number of anilines is 2. The monoisotopic (exact) mass is 425 g/mol. The first-order chi connectivity index (χ1) is 14.5. The number of nitrogens with zero attached hydrogens (tertiary/aromatic N) is 1. The van der Waals surface area contributed by atoms with Gasteiger partial charge in [0.05, 0.1) is 17.0 Å². The Balaban J connectivity index is 2.06. The minimum Gasteiger partial charge on any atom is -0.462 e. The highest BCUT2D eigenvalue weighted by Gasteiger charge is 2.24. The fourth-order valence-electron chi connectivity index (χ4n) is 3.31. The number of fused-ring (bicyclic) bond motifs is 1. The highest BCUT2D eigenvalue weighted by atomic mass is 32.1. The van der Waals surface area contributed by atoms with E-state index >= 15 is 0 Å². The Morgan fingerprint density at radius 1 is 1.07 bits per heavy atom. The Morgan fingerprint density at radius 2 is 1.77 bits per heavy atom. The molecule has 1 heterocycles. The highest BCUT2D eigenvalue weighted by Crippen LogP contribution is 2.41. The van der Waals surface area contributed by atoms with Gasteiger partial charge in [0.15, 0.2) is 0 Å². The van der Waals surface area contributed by atoms with Gasteiger partial charge in [-0.2, -0.15) is 0 Å². The van der Waals surface area contributed by atoms with Crippen molar-refractivity contribution in [2.24, 2.45) is 0 Å². The predicted molar refractivity (Wildman–Crippen MR) is 123 cm³/mol. The molecule has 0 spiro atoms. The van der Waals surface area contributed by atoms with Gasteiger partial charge in [0.2, 0.25) is 0 Å². The van der Waals surface area contributed by atoms with Gasteiger partial charge in [0, 0.05) is 17.5 Å². The van der Waals surface area contributed by atoms with E-state index in [1.807, 2.05) is 18.2 Å². The van der Waals surface area contributed by atoms with Crippen LogP contribution in [0, 0.1) is 0 Å². The first-order valence-corrected chi connectivity index (χ1v) is 10.9. The standard InChI is InChI=1S/C23H27N3O3S/c1-4-26(5-2)14-16-12-13-17-18(23(28)29-6-3)22(30-20(17)19(16)24)25-21(27)15-10-8-7-9-11-15/h7-13H,4-6,14,24H2,1-3H3,(H,25,27). The molecule has 0 aliphatic heterocycles. The van der Waals surface area contributed by atoms with Gasteiger partial charge in [-0.1, -0.05) is 44.2 Å².